The quantitative estimate of drug-likeness (QED) is 0.876. The summed E-state index contributed by atoms with van der Waals surface area (Å²) in [7, 11) is 0. The Balaban J connectivity index is 2.40. The molecule has 0 saturated heterocycles. The minimum absolute atomic E-state index is 0.0156. The van der Waals surface area contributed by atoms with Gasteiger partial charge in [0, 0.05) is 28.5 Å². The van der Waals surface area contributed by atoms with Crippen LogP contribution in [0.15, 0.2) is 22.7 Å². The minimum atomic E-state index is -0.104. The number of carbonyl (C=O) groups excluding carboxylic acids is 1. The Morgan fingerprint density at radius 1 is 1.59 bits per heavy atom. The summed E-state index contributed by atoms with van der Waals surface area (Å²) in [6, 6.07) is 5.52. The normalized spacial score (nSPS) is 12.2. The van der Waals surface area contributed by atoms with Crippen LogP contribution < -0.4 is 11.1 Å². The number of nitrogens with one attached hydrogen (secondary N) is 1. The highest BCUT2D eigenvalue weighted by Gasteiger charge is 2.05. The molecule has 0 spiro atoms. The van der Waals surface area contributed by atoms with Gasteiger partial charge in [-0.05, 0) is 37.1 Å². The van der Waals surface area contributed by atoms with E-state index in [1.807, 2.05) is 25.1 Å². The van der Waals surface area contributed by atoms with Gasteiger partial charge in [-0.2, -0.15) is 0 Å². The largest absolute Gasteiger partial charge is 0.356 e. The molecule has 1 atom stereocenters. The first-order valence-electron chi connectivity index (χ1n) is 5.45. The molecule has 94 valence electrons. The average Bonchev–Trinajstić information content (AvgIpc) is 2.22. The molecule has 3 nitrogen and oxygen atoms in total. The number of nitrogens with two attached hydrogens (primary N) is 1. The van der Waals surface area contributed by atoms with E-state index in [9.17, 15) is 4.79 Å². The van der Waals surface area contributed by atoms with Crippen LogP contribution in [0.3, 0.4) is 0 Å². The maximum atomic E-state index is 11.4. The van der Waals surface area contributed by atoms with Crippen molar-refractivity contribution in [3.63, 3.8) is 0 Å². The summed E-state index contributed by atoms with van der Waals surface area (Å²) in [5.74, 6) is -0.0156. The number of benzene rings is 1. The third-order valence-corrected chi connectivity index (χ3v) is 3.24. The standard InChI is InChI=1S/C12H16BrClN2O/c1-8(15)6-12(17)16-5-4-9-7-10(14)2-3-11(9)13/h2-3,7-8H,4-6,15H2,1H3,(H,16,17). The zero-order valence-electron chi connectivity index (χ0n) is 9.67. The lowest BCUT2D eigenvalue weighted by Gasteiger charge is -2.08. The molecule has 0 heterocycles. The summed E-state index contributed by atoms with van der Waals surface area (Å²) in [4.78, 5) is 11.4. The zero-order chi connectivity index (χ0) is 12.8. The molecule has 0 aliphatic carbocycles. The van der Waals surface area contributed by atoms with E-state index in [0.29, 0.717) is 18.0 Å². The zero-order valence-corrected chi connectivity index (χ0v) is 12.0. The molecule has 0 aliphatic rings. The number of carbonyl (C=O) groups is 1. The SMILES string of the molecule is CC(N)CC(=O)NCCc1cc(Cl)ccc1Br. The fourth-order valence-corrected chi connectivity index (χ4v) is 2.08. The van der Waals surface area contributed by atoms with E-state index in [-0.39, 0.29) is 11.9 Å². The number of halogens is 2. The van der Waals surface area contributed by atoms with Crippen LogP contribution in [0, 0.1) is 0 Å². The van der Waals surface area contributed by atoms with Crippen molar-refractivity contribution in [3.8, 4) is 0 Å². The molecular weight excluding hydrogens is 304 g/mol. The van der Waals surface area contributed by atoms with E-state index in [0.717, 1.165) is 16.5 Å². The van der Waals surface area contributed by atoms with Crippen LogP contribution in [0.2, 0.25) is 5.02 Å². The van der Waals surface area contributed by atoms with Crippen LogP contribution >= 0.6 is 27.5 Å². The van der Waals surface area contributed by atoms with Gasteiger partial charge < -0.3 is 11.1 Å². The van der Waals surface area contributed by atoms with Gasteiger partial charge >= 0.3 is 0 Å². The fraction of sp³-hybridized carbons (Fsp3) is 0.417. The lowest BCUT2D eigenvalue weighted by molar-refractivity contribution is -0.121. The molecule has 1 amide bonds. The first-order valence-corrected chi connectivity index (χ1v) is 6.62. The van der Waals surface area contributed by atoms with Crippen molar-refractivity contribution in [1.29, 1.82) is 0 Å². The Labute approximate surface area is 115 Å². The van der Waals surface area contributed by atoms with Crippen molar-refractivity contribution < 1.29 is 4.79 Å². The Morgan fingerprint density at radius 3 is 2.94 bits per heavy atom. The van der Waals surface area contributed by atoms with Crippen molar-refractivity contribution in [3.05, 3.63) is 33.3 Å². The highest BCUT2D eigenvalue weighted by Crippen LogP contribution is 2.21. The third-order valence-electron chi connectivity index (χ3n) is 2.23. The summed E-state index contributed by atoms with van der Waals surface area (Å²) in [6.45, 7) is 2.40. The van der Waals surface area contributed by atoms with Gasteiger partial charge in [-0.15, -0.1) is 0 Å². The van der Waals surface area contributed by atoms with Gasteiger partial charge in [-0.25, -0.2) is 0 Å². The second kappa shape index (κ2) is 6.99. The lowest BCUT2D eigenvalue weighted by atomic mass is 10.1. The highest BCUT2D eigenvalue weighted by molar-refractivity contribution is 9.10. The van der Waals surface area contributed by atoms with Gasteiger partial charge in [-0.1, -0.05) is 27.5 Å². The molecule has 0 bridgehead atoms. The molecule has 0 fully saturated rings. The summed E-state index contributed by atoms with van der Waals surface area (Å²) in [5.41, 5.74) is 6.62. The van der Waals surface area contributed by atoms with Crippen LogP contribution in [0.25, 0.3) is 0 Å². The number of hydrogen-bond donors (Lipinski definition) is 2. The molecule has 0 radical (unpaired) electrons. The molecular formula is C12H16BrClN2O. The van der Waals surface area contributed by atoms with E-state index >= 15 is 0 Å². The van der Waals surface area contributed by atoms with Crippen molar-refractivity contribution in [2.24, 2.45) is 5.73 Å². The smallest absolute Gasteiger partial charge is 0.221 e. The molecule has 5 heteroatoms. The average molecular weight is 320 g/mol. The Hall–Kier alpha value is -0.580. The van der Waals surface area contributed by atoms with Crippen LogP contribution in [0.5, 0.6) is 0 Å². The summed E-state index contributed by atoms with van der Waals surface area (Å²) < 4.78 is 1.00. The molecule has 0 aromatic heterocycles. The van der Waals surface area contributed by atoms with E-state index in [2.05, 4.69) is 21.2 Å². The molecule has 0 saturated carbocycles. The lowest BCUT2D eigenvalue weighted by Crippen LogP contribution is -2.31. The Kier molecular flexibility index (Phi) is 5.95. The maximum absolute atomic E-state index is 11.4. The van der Waals surface area contributed by atoms with Crippen molar-refractivity contribution >= 4 is 33.4 Å². The molecule has 1 rings (SSSR count). The van der Waals surface area contributed by atoms with Crippen LogP contribution in [-0.2, 0) is 11.2 Å². The van der Waals surface area contributed by atoms with Gasteiger partial charge in [0.15, 0.2) is 0 Å². The number of rotatable bonds is 5. The Morgan fingerprint density at radius 2 is 2.29 bits per heavy atom. The second-order valence-electron chi connectivity index (χ2n) is 4.02. The first kappa shape index (κ1) is 14.5. The minimum Gasteiger partial charge on any atom is -0.356 e. The van der Waals surface area contributed by atoms with E-state index in [1.54, 1.807) is 0 Å². The van der Waals surface area contributed by atoms with Crippen molar-refractivity contribution in [2.45, 2.75) is 25.8 Å². The monoisotopic (exact) mass is 318 g/mol. The van der Waals surface area contributed by atoms with E-state index in [1.165, 1.54) is 0 Å². The molecule has 1 aromatic rings. The van der Waals surface area contributed by atoms with Crippen LogP contribution in [0.4, 0.5) is 0 Å². The van der Waals surface area contributed by atoms with Gasteiger partial charge in [0.25, 0.3) is 0 Å². The fourth-order valence-electron chi connectivity index (χ4n) is 1.44. The van der Waals surface area contributed by atoms with E-state index in [4.69, 9.17) is 17.3 Å². The summed E-state index contributed by atoms with van der Waals surface area (Å²) in [6.07, 6.45) is 1.10. The molecule has 1 unspecified atom stereocenters. The molecule has 0 aliphatic heterocycles. The predicted molar refractivity (Wildman–Crippen MR) is 74.1 cm³/mol. The van der Waals surface area contributed by atoms with Gasteiger partial charge in [-0.3, -0.25) is 4.79 Å². The molecule has 3 N–H and O–H groups in total. The van der Waals surface area contributed by atoms with Crippen LogP contribution in [0.1, 0.15) is 18.9 Å². The molecule has 17 heavy (non-hydrogen) atoms. The number of amides is 1. The first-order chi connectivity index (χ1) is 7.99. The van der Waals surface area contributed by atoms with Crippen molar-refractivity contribution in [1.82, 2.24) is 5.32 Å². The van der Waals surface area contributed by atoms with Gasteiger partial charge in [0.05, 0.1) is 0 Å². The maximum Gasteiger partial charge on any atom is 0.221 e. The summed E-state index contributed by atoms with van der Waals surface area (Å²) in [5, 5.41) is 3.53. The highest BCUT2D eigenvalue weighted by atomic mass is 79.9. The topological polar surface area (TPSA) is 55.1 Å². The predicted octanol–water partition coefficient (Wildman–Crippen LogP) is 2.50. The summed E-state index contributed by atoms with van der Waals surface area (Å²) >= 11 is 9.35. The van der Waals surface area contributed by atoms with E-state index < -0.39 is 0 Å². The van der Waals surface area contributed by atoms with Gasteiger partial charge in [0.1, 0.15) is 0 Å². The Bertz CT molecular complexity index is 396. The molecule has 1 aromatic carbocycles. The van der Waals surface area contributed by atoms with Gasteiger partial charge in [0.2, 0.25) is 5.91 Å². The van der Waals surface area contributed by atoms with Crippen LogP contribution in [-0.4, -0.2) is 18.5 Å². The second-order valence-corrected chi connectivity index (χ2v) is 5.31. The number of hydrogen-bond acceptors (Lipinski definition) is 2. The van der Waals surface area contributed by atoms with Crippen molar-refractivity contribution in [2.75, 3.05) is 6.54 Å². The third kappa shape index (κ3) is 5.52.